The van der Waals surface area contributed by atoms with Crippen LogP contribution in [0.15, 0.2) is 42.5 Å². The summed E-state index contributed by atoms with van der Waals surface area (Å²) in [7, 11) is 1.60. The normalized spacial score (nSPS) is 16.6. The minimum absolute atomic E-state index is 0.0488. The van der Waals surface area contributed by atoms with Gasteiger partial charge >= 0.3 is 0 Å². The van der Waals surface area contributed by atoms with Crippen molar-refractivity contribution in [2.75, 3.05) is 25.2 Å². The second-order valence-electron chi connectivity index (χ2n) is 6.70. The number of carbonyl (C=O) groups is 1. The Bertz CT molecular complexity index is 963. The summed E-state index contributed by atoms with van der Waals surface area (Å²) in [5, 5.41) is 0.711. The van der Waals surface area contributed by atoms with E-state index in [-0.39, 0.29) is 12.0 Å². The van der Waals surface area contributed by atoms with Crippen molar-refractivity contribution in [2.45, 2.75) is 25.9 Å². The maximum Gasteiger partial charge on any atom is 0.260 e. The zero-order valence-electron chi connectivity index (χ0n) is 15.5. The van der Waals surface area contributed by atoms with Crippen LogP contribution < -0.4 is 9.64 Å². The average Bonchev–Trinajstić information content (AvgIpc) is 3.36. The van der Waals surface area contributed by atoms with Crippen molar-refractivity contribution in [2.24, 2.45) is 0 Å². The van der Waals surface area contributed by atoms with Crippen LogP contribution in [-0.2, 0) is 4.74 Å². The Balaban J connectivity index is 1.72. The van der Waals surface area contributed by atoms with E-state index in [1.54, 1.807) is 29.4 Å². The third-order valence-electron chi connectivity index (χ3n) is 4.81. The molecule has 3 aromatic rings. The van der Waals surface area contributed by atoms with Crippen LogP contribution in [0.5, 0.6) is 5.75 Å². The first-order chi connectivity index (χ1) is 13.2. The predicted octanol–water partition coefficient (Wildman–Crippen LogP) is 4.44. The summed E-state index contributed by atoms with van der Waals surface area (Å²) in [6.45, 7) is 3.31. The fourth-order valence-electron chi connectivity index (χ4n) is 3.34. The van der Waals surface area contributed by atoms with E-state index in [0.717, 1.165) is 35.2 Å². The molecule has 1 fully saturated rings. The molecule has 2 aromatic carbocycles. The monoisotopic (exact) mass is 382 g/mol. The number of nitrogens with zero attached hydrogens (tertiary/aromatic N) is 2. The second kappa shape index (κ2) is 7.66. The zero-order valence-corrected chi connectivity index (χ0v) is 16.3. The summed E-state index contributed by atoms with van der Waals surface area (Å²) in [6.07, 6.45) is 2.05. The smallest absolute Gasteiger partial charge is 0.260 e. The Hall–Kier alpha value is -2.44. The molecule has 140 valence electrons. The summed E-state index contributed by atoms with van der Waals surface area (Å²) in [6, 6.07) is 13.4. The lowest BCUT2D eigenvalue weighted by Crippen LogP contribution is -2.37. The van der Waals surface area contributed by atoms with E-state index >= 15 is 0 Å². The molecule has 1 aromatic heterocycles. The highest BCUT2D eigenvalue weighted by Gasteiger charge is 2.27. The number of benzene rings is 2. The van der Waals surface area contributed by atoms with Gasteiger partial charge in [0.1, 0.15) is 5.75 Å². The van der Waals surface area contributed by atoms with Gasteiger partial charge in [-0.25, -0.2) is 4.98 Å². The highest BCUT2D eigenvalue weighted by atomic mass is 32.1. The molecule has 6 heteroatoms. The molecule has 27 heavy (non-hydrogen) atoms. The summed E-state index contributed by atoms with van der Waals surface area (Å²) in [5.41, 5.74) is 2.65. The Morgan fingerprint density at radius 1 is 1.33 bits per heavy atom. The molecule has 4 rings (SSSR count). The van der Waals surface area contributed by atoms with Crippen LogP contribution in [-0.4, -0.2) is 37.3 Å². The number of methoxy groups -OCH3 is 1. The van der Waals surface area contributed by atoms with E-state index in [9.17, 15) is 4.79 Å². The lowest BCUT2D eigenvalue weighted by molar-refractivity contribution is 0.0917. The second-order valence-corrected chi connectivity index (χ2v) is 7.71. The Morgan fingerprint density at radius 3 is 2.93 bits per heavy atom. The number of hydrogen-bond donors (Lipinski definition) is 0. The van der Waals surface area contributed by atoms with Gasteiger partial charge in [-0.15, -0.1) is 0 Å². The molecular formula is C21H22N2O3S. The first-order valence-corrected chi connectivity index (χ1v) is 9.91. The third-order valence-corrected chi connectivity index (χ3v) is 5.86. The lowest BCUT2D eigenvalue weighted by atomic mass is 10.1. The van der Waals surface area contributed by atoms with Crippen LogP contribution in [0.4, 0.5) is 5.13 Å². The minimum Gasteiger partial charge on any atom is -0.497 e. The molecule has 0 aliphatic carbocycles. The number of carbonyl (C=O) groups excluding carboxylic acids is 1. The molecular weight excluding hydrogens is 360 g/mol. The molecule has 2 heterocycles. The Labute approximate surface area is 162 Å². The summed E-state index contributed by atoms with van der Waals surface area (Å²) >= 11 is 1.54. The van der Waals surface area contributed by atoms with E-state index < -0.39 is 0 Å². The van der Waals surface area contributed by atoms with Crippen molar-refractivity contribution in [1.29, 1.82) is 0 Å². The predicted molar refractivity (Wildman–Crippen MR) is 108 cm³/mol. The van der Waals surface area contributed by atoms with Crippen LogP contribution in [0.25, 0.3) is 10.2 Å². The van der Waals surface area contributed by atoms with E-state index in [2.05, 4.69) is 0 Å². The van der Waals surface area contributed by atoms with Gasteiger partial charge in [-0.05, 0) is 49.6 Å². The van der Waals surface area contributed by atoms with Gasteiger partial charge in [0, 0.05) is 12.2 Å². The van der Waals surface area contributed by atoms with Crippen molar-refractivity contribution >= 4 is 32.6 Å². The lowest BCUT2D eigenvalue weighted by Gasteiger charge is -2.23. The molecule has 0 spiro atoms. The van der Waals surface area contributed by atoms with Gasteiger partial charge in [0.15, 0.2) is 5.13 Å². The minimum atomic E-state index is -0.0823. The van der Waals surface area contributed by atoms with Crippen molar-refractivity contribution < 1.29 is 14.3 Å². The summed E-state index contributed by atoms with van der Waals surface area (Å²) < 4.78 is 12.2. The quantitative estimate of drug-likeness (QED) is 0.655. The molecule has 0 saturated carbocycles. The van der Waals surface area contributed by atoms with E-state index in [1.807, 2.05) is 43.3 Å². The van der Waals surface area contributed by atoms with Crippen LogP contribution in [0.1, 0.15) is 28.8 Å². The van der Waals surface area contributed by atoms with Crippen LogP contribution in [0, 0.1) is 6.92 Å². The summed E-state index contributed by atoms with van der Waals surface area (Å²) in [4.78, 5) is 19.9. The first kappa shape index (κ1) is 17.9. The van der Waals surface area contributed by atoms with Crippen LogP contribution in [0.2, 0.25) is 0 Å². The van der Waals surface area contributed by atoms with Gasteiger partial charge in [0.05, 0.1) is 30.0 Å². The number of ether oxygens (including phenoxy) is 2. The SMILES string of the molecule is COc1cccc(C(=O)N(CC2CCCO2)c2nc3c(C)cccc3s2)c1. The molecule has 1 aliphatic heterocycles. The number of rotatable bonds is 5. The zero-order chi connectivity index (χ0) is 18.8. The number of amides is 1. The molecule has 0 radical (unpaired) electrons. The topological polar surface area (TPSA) is 51.7 Å². The van der Waals surface area contributed by atoms with Gasteiger partial charge in [-0.1, -0.05) is 29.5 Å². The van der Waals surface area contributed by atoms with Crippen molar-refractivity contribution in [1.82, 2.24) is 4.98 Å². The third kappa shape index (κ3) is 3.68. The van der Waals surface area contributed by atoms with Gasteiger partial charge < -0.3 is 9.47 Å². The fourth-order valence-corrected chi connectivity index (χ4v) is 4.39. The van der Waals surface area contributed by atoms with E-state index in [4.69, 9.17) is 14.5 Å². The van der Waals surface area contributed by atoms with Crippen molar-refractivity contribution in [3.63, 3.8) is 0 Å². The fraction of sp³-hybridized carbons (Fsp3) is 0.333. The first-order valence-electron chi connectivity index (χ1n) is 9.09. The van der Waals surface area contributed by atoms with Crippen molar-refractivity contribution in [3.8, 4) is 5.75 Å². The number of thiazole rings is 1. The van der Waals surface area contributed by atoms with Gasteiger partial charge in [-0.3, -0.25) is 9.69 Å². The molecule has 0 N–H and O–H groups in total. The van der Waals surface area contributed by atoms with Gasteiger partial charge in [0.25, 0.3) is 5.91 Å². The largest absolute Gasteiger partial charge is 0.497 e. The number of hydrogen-bond acceptors (Lipinski definition) is 5. The van der Waals surface area contributed by atoms with E-state index in [0.29, 0.717) is 23.0 Å². The molecule has 1 unspecified atom stereocenters. The summed E-state index contributed by atoms with van der Waals surface area (Å²) in [5.74, 6) is 0.583. The maximum atomic E-state index is 13.3. The number of para-hydroxylation sites is 1. The highest BCUT2D eigenvalue weighted by molar-refractivity contribution is 7.22. The molecule has 1 aliphatic rings. The van der Waals surface area contributed by atoms with Crippen molar-refractivity contribution in [3.05, 3.63) is 53.6 Å². The molecule has 5 nitrogen and oxygen atoms in total. The molecule has 1 atom stereocenters. The van der Waals surface area contributed by atoms with Crippen LogP contribution >= 0.6 is 11.3 Å². The average molecular weight is 382 g/mol. The van der Waals surface area contributed by atoms with Crippen LogP contribution in [0.3, 0.4) is 0 Å². The standard InChI is InChI=1S/C21H22N2O3S/c1-14-6-3-10-18-19(14)22-21(27-18)23(13-17-9-5-11-26-17)20(24)15-7-4-8-16(12-15)25-2/h3-4,6-8,10,12,17H,5,9,11,13H2,1-2H3. The highest BCUT2D eigenvalue weighted by Crippen LogP contribution is 2.32. The number of aromatic nitrogens is 1. The maximum absolute atomic E-state index is 13.3. The number of fused-ring (bicyclic) bond motifs is 1. The Morgan fingerprint density at radius 2 is 2.19 bits per heavy atom. The molecule has 0 bridgehead atoms. The number of anilines is 1. The molecule has 1 saturated heterocycles. The van der Waals surface area contributed by atoms with E-state index in [1.165, 1.54) is 0 Å². The molecule has 1 amide bonds. The number of aryl methyl sites for hydroxylation is 1. The van der Waals surface area contributed by atoms with Gasteiger partial charge in [-0.2, -0.15) is 0 Å². The van der Waals surface area contributed by atoms with Gasteiger partial charge in [0.2, 0.25) is 0 Å². The Kier molecular flexibility index (Phi) is 5.09.